The van der Waals surface area contributed by atoms with Gasteiger partial charge in [0, 0.05) is 7.11 Å². The third kappa shape index (κ3) is 2.10. The molecule has 102 valence electrons. The summed E-state index contributed by atoms with van der Waals surface area (Å²) in [7, 11) is 1.60. The standard InChI is InChI=1S/C14H14N4O2/c1-20-8-7-17-10-15-13-12(14(17)19)9-16-18(13)11-5-3-2-4-6-11/h2-6,9-10H,7-8H2,1H3. The lowest BCUT2D eigenvalue weighted by Crippen LogP contribution is -2.22. The maximum Gasteiger partial charge on any atom is 0.264 e. The van der Waals surface area contributed by atoms with Gasteiger partial charge in [0.2, 0.25) is 0 Å². The second-order valence-electron chi connectivity index (χ2n) is 4.37. The molecule has 0 bridgehead atoms. The van der Waals surface area contributed by atoms with Crippen LogP contribution in [0.15, 0.2) is 47.7 Å². The number of ether oxygens (including phenoxy) is 1. The second kappa shape index (κ2) is 5.26. The van der Waals surface area contributed by atoms with Crippen molar-refractivity contribution in [3.05, 3.63) is 53.2 Å². The summed E-state index contributed by atoms with van der Waals surface area (Å²) in [6, 6.07) is 9.61. The Hall–Kier alpha value is -2.47. The summed E-state index contributed by atoms with van der Waals surface area (Å²) in [5.74, 6) is 0. The highest BCUT2D eigenvalue weighted by Crippen LogP contribution is 2.12. The molecule has 0 N–H and O–H groups in total. The Morgan fingerprint density at radius 1 is 1.25 bits per heavy atom. The van der Waals surface area contributed by atoms with Crippen molar-refractivity contribution in [2.75, 3.05) is 13.7 Å². The van der Waals surface area contributed by atoms with Crippen LogP contribution in [0.25, 0.3) is 16.7 Å². The second-order valence-corrected chi connectivity index (χ2v) is 4.37. The van der Waals surface area contributed by atoms with E-state index >= 15 is 0 Å². The van der Waals surface area contributed by atoms with Crippen molar-refractivity contribution in [2.45, 2.75) is 6.54 Å². The SMILES string of the molecule is COCCn1cnc2c(cnn2-c2ccccc2)c1=O. The minimum Gasteiger partial charge on any atom is -0.383 e. The van der Waals surface area contributed by atoms with Gasteiger partial charge in [0.15, 0.2) is 5.65 Å². The Morgan fingerprint density at radius 3 is 2.80 bits per heavy atom. The van der Waals surface area contributed by atoms with E-state index in [4.69, 9.17) is 4.74 Å². The average Bonchev–Trinajstić information content (AvgIpc) is 2.92. The van der Waals surface area contributed by atoms with Gasteiger partial charge in [-0.15, -0.1) is 0 Å². The zero-order valence-corrected chi connectivity index (χ0v) is 11.1. The molecule has 0 fully saturated rings. The molecule has 0 saturated carbocycles. The Labute approximate surface area is 115 Å². The van der Waals surface area contributed by atoms with Crippen LogP contribution in [-0.2, 0) is 11.3 Å². The summed E-state index contributed by atoms with van der Waals surface area (Å²) in [6.45, 7) is 0.953. The number of hydrogen-bond donors (Lipinski definition) is 0. The van der Waals surface area contributed by atoms with E-state index in [-0.39, 0.29) is 5.56 Å². The van der Waals surface area contributed by atoms with Gasteiger partial charge in [0.25, 0.3) is 5.56 Å². The number of methoxy groups -OCH3 is 1. The maximum atomic E-state index is 12.3. The number of fused-ring (bicyclic) bond motifs is 1. The number of rotatable bonds is 4. The van der Waals surface area contributed by atoms with Crippen LogP contribution in [0.4, 0.5) is 0 Å². The topological polar surface area (TPSA) is 61.9 Å². The molecule has 0 radical (unpaired) electrons. The molecule has 0 aliphatic carbocycles. The van der Waals surface area contributed by atoms with Crippen LogP contribution in [0.1, 0.15) is 0 Å². The molecule has 3 rings (SSSR count). The van der Waals surface area contributed by atoms with Crippen LogP contribution in [0.5, 0.6) is 0 Å². The van der Waals surface area contributed by atoms with Crippen molar-refractivity contribution in [1.82, 2.24) is 19.3 Å². The summed E-state index contributed by atoms with van der Waals surface area (Å²) >= 11 is 0. The first-order valence-corrected chi connectivity index (χ1v) is 6.29. The molecular formula is C14H14N4O2. The Morgan fingerprint density at radius 2 is 2.05 bits per heavy atom. The van der Waals surface area contributed by atoms with Gasteiger partial charge in [-0.1, -0.05) is 18.2 Å². The van der Waals surface area contributed by atoms with E-state index in [1.54, 1.807) is 18.0 Å². The van der Waals surface area contributed by atoms with Gasteiger partial charge in [-0.3, -0.25) is 9.36 Å². The highest BCUT2D eigenvalue weighted by atomic mass is 16.5. The Balaban J connectivity index is 2.11. The van der Waals surface area contributed by atoms with E-state index in [1.165, 1.54) is 10.9 Å². The van der Waals surface area contributed by atoms with Gasteiger partial charge < -0.3 is 4.74 Å². The number of benzene rings is 1. The van der Waals surface area contributed by atoms with Gasteiger partial charge in [0.05, 0.1) is 25.0 Å². The fourth-order valence-corrected chi connectivity index (χ4v) is 2.06. The summed E-state index contributed by atoms with van der Waals surface area (Å²) in [5, 5.41) is 4.76. The lowest BCUT2D eigenvalue weighted by Gasteiger charge is -2.05. The van der Waals surface area contributed by atoms with Crippen LogP contribution in [-0.4, -0.2) is 33.0 Å². The third-order valence-electron chi connectivity index (χ3n) is 3.09. The zero-order chi connectivity index (χ0) is 13.9. The van der Waals surface area contributed by atoms with Gasteiger partial charge in [0.1, 0.15) is 11.7 Å². The number of para-hydroxylation sites is 1. The van der Waals surface area contributed by atoms with Gasteiger partial charge >= 0.3 is 0 Å². The third-order valence-corrected chi connectivity index (χ3v) is 3.09. The van der Waals surface area contributed by atoms with Crippen LogP contribution in [0.3, 0.4) is 0 Å². The minimum atomic E-state index is -0.103. The average molecular weight is 270 g/mol. The highest BCUT2D eigenvalue weighted by Gasteiger charge is 2.10. The molecule has 20 heavy (non-hydrogen) atoms. The molecule has 1 aromatic carbocycles. The normalized spacial score (nSPS) is 11.1. The van der Waals surface area contributed by atoms with E-state index in [0.717, 1.165) is 5.69 Å². The van der Waals surface area contributed by atoms with E-state index < -0.39 is 0 Å². The van der Waals surface area contributed by atoms with Crippen molar-refractivity contribution in [3.8, 4) is 5.69 Å². The monoisotopic (exact) mass is 270 g/mol. The molecule has 0 spiro atoms. The van der Waals surface area contributed by atoms with Crippen molar-refractivity contribution in [3.63, 3.8) is 0 Å². The first kappa shape index (κ1) is 12.6. The number of aromatic nitrogens is 4. The van der Waals surface area contributed by atoms with Crippen LogP contribution in [0, 0.1) is 0 Å². The van der Waals surface area contributed by atoms with Crippen molar-refractivity contribution < 1.29 is 4.74 Å². The first-order chi connectivity index (χ1) is 9.81. The van der Waals surface area contributed by atoms with Gasteiger partial charge in [-0.2, -0.15) is 5.10 Å². The van der Waals surface area contributed by atoms with Crippen LogP contribution in [0.2, 0.25) is 0 Å². The molecule has 0 aliphatic rings. The van der Waals surface area contributed by atoms with Crippen molar-refractivity contribution in [2.24, 2.45) is 0 Å². The van der Waals surface area contributed by atoms with Crippen LogP contribution < -0.4 is 5.56 Å². The summed E-state index contributed by atoms with van der Waals surface area (Å²) in [4.78, 5) is 16.6. The number of nitrogens with zero attached hydrogens (tertiary/aromatic N) is 4. The molecule has 2 aromatic heterocycles. The summed E-state index contributed by atoms with van der Waals surface area (Å²) in [6.07, 6.45) is 3.09. The van der Waals surface area contributed by atoms with Gasteiger partial charge in [-0.05, 0) is 12.1 Å². The molecule has 0 atom stereocenters. The summed E-state index contributed by atoms with van der Waals surface area (Å²) in [5.41, 5.74) is 1.34. The molecular weight excluding hydrogens is 256 g/mol. The summed E-state index contributed by atoms with van der Waals surface area (Å²) < 4.78 is 8.17. The fourth-order valence-electron chi connectivity index (χ4n) is 2.06. The van der Waals surface area contributed by atoms with E-state index in [2.05, 4.69) is 10.1 Å². The lowest BCUT2D eigenvalue weighted by atomic mass is 10.3. The molecule has 0 unspecified atom stereocenters. The smallest absolute Gasteiger partial charge is 0.264 e. The Kier molecular flexibility index (Phi) is 3.30. The molecule has 0 saturated heterocycles. The maximum absolute atomic E-state index is 12.3. The largest absolute Gasteiger partial charge is 0.383 e. The molecule has 0 aliphatic heterocycles. The minimum absolute atomic E-state index is 0.103. The zero-order valence-electron chi connectivity index (χ0n) is 11.1. The van der Waals surface area contributed by atoms with Crippen molar-refractivity contribution >= 4 is 11.0 Å². The predicted octanol–water partition coefficient (Wildman–Crippen LogP) is 1.23. The van der Waals surface area contributed by atoms with Gasteiger partial charge in [-0.25, -0.2) is 9.67 Å². The molecule has 2 heterocycles. The van der Waals surface area contributed by atoms with Crippen LogP contribution >= 0.6 is 0 Å². The van der Waals surface area contributed by atoms with Crippen molar-refractivity contribution in [1.29, 1.82) is 0 Å². The van der Waals surface area contributed by atoms with E-state index in [0.29, 0.717) is 24.2 Å². The quantitative estimate of drug-likeness (QED) is 0.715. The van der Waals surface area contributed by atoms with E-state index in [1.807, 2.05) is 30.3 Å². The molecule has 3 aromatic rings. The fraction of sp³-hybridized carbons (Fsp3) is 0.214. The number of hydrogen-bond acceptors (Lipinski definition) is 4. The molecule has 6 nitrogen and oxygen atoms in total. The Bertz CT molecular complexity index is 777. The molecule has 0 amide bonds. The van der Waals surface area contributed by atoms with E-state index in [9.17, 15) is 4.79 Å². The first-order valence-electron chi connectivity index (χ1n) is 6.29. The molecule has 6 heteroatoms. The predicted molar refractivity (Wildman–Crippen MR) is 75.0 cm³/mol. The highest BCUT2D eigenvalue weighted by molar-refractivity contribution is 5.74. The lowest BCUT2D eigenvalue weighted by molar-refractivity contribution is 0.186.